The average Bonchev–Trinajstić information content (AvgIpc) is 2.38. The van der Waals surface area contributed by atoms with Crippen LogP contribution in [0.3, 0.4) is 0 Å². The van der Waals surface area contributed by atoms with E-state index < -0.39 is 0 Å². The molecule has 0 unspecified atom stereocenters. The average molecular weight is 217 g/mol. The molecule has 0 radical (unpaired) electrons. The first-order valence-corrected chi connectivity index (χ1v) is 6.67. The third kappa shape index (κ3) is 3.08. The molecule has 0 aromatic heterocycles. The Morgan fingerprint density at radius 2 is 1.81 bits per heavy atom. The van der Waals surface area contributed by atoms with Gasteiger partial charge in [-0.2, -0.15) is 0 Å². The molecule has 0 spiro atoms. The van der Waals surface area contributed by atoms with E-state index >= 15 is 0 Å². The molecule has 0 amide bonds. The Morgan fingerprint density at radius 3 is 2.50 bits per heavy atom. The fourth-order valence-corrected chi connectivity index (χ4v) is 2.68. The Hall–Kier alpha value is -0.820. The minimum absolute atomic E-state index is 0.950. The van der Waals surface area contributed by atoms with Crippen molar-refractivity contribution in [3.63, 3.8) is 0 Å². The molecule has 1 nitrogen and oxygen atoms in total. The van der Waals surface area contributed by atoms with Gasteiger partial charge in [-0.1, -0.05) is 31.2 Å². The first-order valence-electron chi connectivity index (χ1n) is 6.67. The number of aryl methyl sites for hydroxylation is 2. The molecule has 1 heteroatoms. The minimum atomic E-state index is 0.950. The van der Waals surface area contributed by atoms with Gasteiger partial charge < -0.3 is 5.32 Å². The highest BCUT2D eigenvalue weighted by Gasteiger charge is 2.13. The summed E-state index contributed by atoms with van der Waals surface area (Å²) < 4.78 is 0. The Labute approximate surface area is 99.3 Å². The normalized spacial score (nSPS) is 17.6. The monoisotopic (exact) mass is 217 g/mol. The summed E-state index contributed by atoms with van der Waals surface area (Å²) in [5.41, 5.74) is 3.11. The maximum atomic E-state index is 3.44. The van der Waals surface area contributed by atoms with Crippen molar-refractivity contribution in [2.24, 2.45) is 5.92 Å². The fraction of sp³-hybridized carbons (Fsp3) is 0.600. The molecule has 16 heavy (non-hydrogen) atoms. The van der Waals surface area contributed by atoms with E-state index in [1.54, 1.807) is 5.56 Å². The van der Waals surface area contributed by atoms with Gasteiger partial charge in [0.1, 0.15) is 0 Å². The summed E-state index contributed by atoms with van der Waals surface area (Å²) in [4.78, 5) is 0. The Kier molecular flexibility index (Phi) is 4.41. The van der Waals surface area contributed by atoms with Gasteiger partial charge in [0.25, 0.3) is 0 Å². The zero-order valence-electron chi connectivity index (χ0n) is 10.3. The van der Waals surface area contributed by atoms with Gasteiger partial charge in [-0.05, 0) is 62.2 Å². The predicted molar refractivity (Wildman–Crippen MR) is 69.7 cm³/mol. The second kappa shape index (κ2) is 6.05. The van der Waals surface area contributed by atoms with Gasteiger partial charge in [-0.15, -0.1) is 0 Å². The van der Waals surface area contributed by atoms with E-state index in [0.29, 0.717) is 0 Å². The van der Waals surface area contributed by atoms with Gasteiger partial charge in [0.2, 0.25) is 0 Å². The zero-order chi connectivity index (χ0) is 11.2. The maximum Gasteiger partial charge on any atom is -0.00463 e. The van der Waals surface area contributed by atoms with E-state index in [9.17, 15) is 0 Å². The van der Waals surface area contributed by atoms with E-state index in [-0.39, 0.29) is 0 Å². The number of benzene rings is 1. The summed E-state index contributed by atoms with van der Waals surface area (Å²) >= 11 is 0. The smallest absolute Gasteiger partial charge is 0.00463 e. The zero-order valence-corrected chi connectivity index (χ0v) is 10.3. The van der Waals surface area contributed by atoms with Crippen molar-refractivity contribution in [2.75, 3.05) is 13.1 Å². The summed E-state index contributed by atoms with van der Waals surface area (Å²) in [6.45, 7) is 4.70. The van der Waals surface area contributed by atoms with E-state index in [2.05, 4.69) is 36.5 Å². The van der Waals surface area contributed by atoms with Crippen molar-refractivity contribution in [1.82, 2.24) is 5.32 Å². The molecular weight excluding hydrogens is 194 g/mol. The molecule has 88 valence electrons. The number of hydrogen-bond donors (Lipinski definition) is 1. The van der Waals surface area contributed by atoms with Gasteiger partial charge in [-0.25, -0.2) is 0 Å². The highest BCUT2D eigenvalue weighted by atomic mass is 14.9. The molecule has 1 aromatic rings. The molecule has 1 fully saturated rings. The van der Waals surface area contributed by atoms with Crippen molar-refractivity contribution in [3.8, 4) is 0 Å². The summed E-state index contributed by atoms with van der Waals surface area (Å²) in [5.74, 6) is 0.950. The van der Waals surface area contributed by atoms with Crippen molar-refractivity contribution in [1.29, 1.82) is 0 Å². The molecule has 2 rings (SSSR count). The highest BCUT2D eigenvalue weighted by molar-refractivity contribution is 5.27. The second-order valence-electron chi connectivity index (χ2n) is 4.85. The Bertz CT molecular complexity index is 313. The van der Waals surface area contributed by atoms with Gasteiger partial charge in [0.05, 0.1) is 0 Å². The van der Waals surface area contributed by atoms with E-state index in [1.807, 2.05) is 0 Å². The quantitative estimate of drug-likeness (QED) is 0.817. The van der Waals surface area contributed by atoms with Gasteiger partial charge in [0.15, 0.2) is 0 Å². The molecule has 0 aliphatic carbocycles. The highest BCUT2D eigenvalue weighted by Crippen LogP contribution is 2.20. The van der Waals surface area contributed by atoms with Crippen LogP contribution in [-0.4, -0.2) is 13.1 Å². The van der Waals surface area contributed by atoms with Crippen LogP contribution in [0, 0.1) is 5.92 Å². The van der Waals surface area contributed by atoms with Crippen LogP contribution in [-0.2, 0) is 12.8 Å². The first-order chi connectivity index (χ1) is 7.90. The number of piperidine rings is 1. The van der Waals surface area contributed by atoms with Crippen molar-refractivity contribution >= 4 is 0 Å². The summed E-state index contributed by atoms with van der Waals surface area (Å²) in [7, 11) is 0. The van der Waals surface area contributed by atoms with E-state index in [1.165, 1.54) is 50.8 Å². The Balaban J connectivity index is 1.88. The van der Waals surface area contributed by atoms with Crippen LogP contribution in [0.2, 0.25) is 0 Å². The number of nitrogens with one attached hydrogen (secondary N) is 1. The SMILES string of the molecule is CCc1ccccc1CCC1CCNCC1. The molecule has 1 N–H and O–H groups in total. The van der Waals surface area contributed by atoms with Gasteiger partial charge in [0, 0.05) is 0 Å². The first kappa shape index (κ1) is 11.7. The molecule has 0 bridgehead atoms. The third-order valence-corrected chi connectivity index (χ3v) is 3.78. The molecule has 1 heterocycles. The van der Waals surface area contributed by atoms with Crippen molar-refractivity contribution in [2.45, 2.75) is 39.0 Å². The number of rotatable bonds is 4. The Morgan fingerprint density at radius 1 is 1.12 bits per heavy atom. The van der Waals surface area contributed by atoms with E-state index in [4.69, 9.17) is 0 Å². The largest absolute Gasteiger partial charge is 0.317 e. The predicted octanol–water partition coefficient (Wildman–Crippen LogP) is 3.18. The van der Waals surface area contributed by atoms with Crippen LogP contribution in [0.1, 0.15) is 37.3 Å². The number of hydrogen-bond acceptors (Lipinski definition) is 1. The second-order valence-corrected chi connectivity index (χ2v) is 4.85. The molecule has 1 aromatic carbocycles. The van der Waals surface area contributed by atoms with Crippen molar-refractivity contribution < 1.29 is 0 Å². The summed E-state index contributed by atoms with van der Waals surface area (Å²) in [5, 5.41) is 3.44. The lowest BCUT2D eigenvalue weighted by Crippen LogP contribution is -2.27. The van der Waals surface area contributed by atoms with Gasteiger partial charge in [-0.3, -0.25) is 0 Å². The van der Waals surface area contributed by atoms with Crippen LogP contribution in [0.25, 0.3) is 0 Å². The maximum absolute atomic E-state index is 3.44. The molecular formula is C15H23N. The lowest BCUT2D eigenvalue weighted by molar-refractivity contribution is 0.354. The van der Waals surface area contributed by atoms with Crippen LogP contribution in [0.5, 0.6) is 0 Å². The van der Waals surface area contributed by atoms with Gasteiger partial charge >= 0.3 is 0 Å². The van der Waals surface area contributed by atoms with Crippen LogP contribution in [0.15, 0.2) is 24.3 Å². The van der Waals surface area contributed by atoms with Crippen molar-refractivity contribution in [3.05, 3.63) is 35.4 Å². The van der Waals surface area contributed by atoms with E-state index in [0.717, 1.165) is 5.92 Å². The molecule has 1 aliphatic heterocycles. The summed E-state index contributed by atoms with van der Waals surface area (Å²) in [6, 6.07) is 8.92. The lowest BCUT2D eigenvalue weighted by Gasteiger charge is -2.22. The minimum Gasteiger partial charge on any atom is -0.317 e. The molecule has 1 saturated heterocycles. The fourth-order valence-electron chi connectivity index (χ4n) is 2.68. The standard InChI is InChI=1S/C15H23N/c1-2-14-5-3-4-6-15(14)8-7-13-9-11-16-12-10-13/h3-6,13,16H,2,7-12H2,1H3. The lowest BCUT2D eigenvalue weighted by atomic mass is 9.90. The molecule has 0 atom stereocenters. The summed E-state index contributed by atoms with van der Waals surface area (Å²) in [6.07, 6.45) is 6.55. The van der Waals surface area contributed by atoms with Crippen LogP contribution in [0.4, 0.5) is 0 Å². The topological polar surface area (TPSA) is 12.0 Å². The molecule has 1 aliphatic rings. The third-order valence-electron chi connectivity index (χ3n) is 3.78. The van der Waals surface area contributed by atoms with Crippen LogP contribution >= 0.6 is 0 Å². The molecule has 0 saturated carbocycles. The van der Waals surface area contributed by atoms with Crippen LogP contribution < -0.4 is 5.32 Å².